The maximum atomic E-state index is 13.4. The molecule has 0 bridgehead atoms. The van der Waals surface area contributed by atoms with Crippen LogP contribution in [0.2, 0.25) is 0 Å². The van der Waals surface area contributed by atoms with Gasteiger partial charge in [0.15, 0.2) is 6.10 Å². The Morgan fingerprint density at radius 3 is 2.28 bits per heavy atom. The van der Waals surface area contributed by atoms with E-state index in [0.717, 1.165) is 28.9 Å². The Labute approximate surface area is 206 Å². The highest BCUT2D eigenvalue weighted by Crippen LogP contribution is 2.39. The van der Waals surface area contributed by atoms with E-state index in [2.05, 4.69) is 10.6 Å². The van der Waals surface area contributed by atoms with Gasteiger partial charge in [0.2, 0.25) is 5.91 Å². The molecule has 186 valence electrons. The number of likely N-dealkylation sites (N-methyl/N-ethyl adjacent to an activating group) is 1. The summed E-state index contributed by atoms with van der Waals surface area (Å²) in [5.74, 6) is -4.35. The molecule has 7 nitrogen and oxygen atoms in total. The molecule has 3 atom stereocenters. The first-order chi connectivity index (χ1) is 17.2. The zero-order valence-corrected chi connectivity index (χ0v) is 19.7. The second-order valence-electron chi connectivity index (χ2n) is 8.69. The van der Waals surface area contributed by atoms with Crippen molar-refractivity contribution < 1.29 is 28.3 Å². The topological polar surface area (TPSA) is 98.7 Å². The Kier molecular flexibility index (Phi) is 7.12. The second kappa shape index (κ2) is 10.2. The van der Waals surface area contributed by atoms with Crippen molar-refractivity contribution in [2.24, 2.45) is 5.92 Å². The highest BCUT2D eigenvalue weighted by atomic mass is 19.1. The van der Waals surface area contributed by atoms with Crippen LogP contribution in [0.4, 0.5) is 14.5 Å². The quantitative estimate of drug-likeness (QED) is 0.491. The van der Waals surface area contributed by atoms with Crippen molar-refractivity contribution in [3.63, 3.8) is 0 Å². The predicted molar refractivity (Wildman–Crippen MR) is 130 cm³/mol. The number of carbonyl (C=O) groups is 3. The molecule has 36 heavy (non-hydrogen) atoms. The summed E-state index contributed by atoms with van der Waals surface area (Å²) in [7, 11) is 1.65. The third-order valence-electron chi connectivity index (χ3n) is 6.17. The third-order valence-corrected chi connectivity index (χ3v) is 6.17. The molecule has 0 radical (unpaired) electrons. The van der Waals surface area contributed by atoms with E-state index < -0.39 is 41.5 Å². The second-order valence-corrected chi connectivity index (χ2v) is 8.69. The van der Waals surface area contributed by atoms with Gasteiger partial charge >= 0.3 is 0 Å². The van der Waals surface area contributed by atoms with Crippen molar-refractivity contribution in [3.05, 3.63) is 89.5 Å². The van der Waals surface area contributed by atoms with Gasteiger partial charge in [-0.05, 0) is 34.9 Å². The van der Waals surface area contributed by atoms with E-state index in [9.17, 15) is 28.3 Å². The summed E-state index contributed by atoms with van der Waals surface area (Å²) < 4.78 is 26.8. The summed E-state index contributed by atoms with van der Waals surface area (Å²) in [5.41, 5.74) is 2.80. The molecule has 4 rings (SSSR count). The average molecular weight is 494 g/mol. The number of para-hydroxylation sites is 1. The number of nitrogens with one attached hydrogen (secondary N) is 2. The van der Waals surface area contributed by atoms with E-state index in [1.165, 1.54) is 4.90 Å². The lowest BCUT2D eigenvalue weighted by Crippen LogP contribution is -2.45. The largest absolute Gasteiger partial charge is 0.378 e. The molecule has 1 aliphatic heterocycles. The van der Waals surface area contributed by atoms with Crippen LogP contribution in [0.1, 0.15) is 30.2 Å². The molecular weight excluding hydrogens is 468 g/mol. The predicted octanol–water partition coefficient (Wildman–Crippen LogP) is 3.25. The molecule has 0 saturated carbocycles. The number of aliphatic hydroxyl groups is 1. The molecule has 0 unspecified atom stereocenters. The first kappa shape index (κ1) is 25.0. The van der Waals surface area contributed by atoms with Gasteiger partial charge in [-0.15, -0.1) is 0 Å². The van der Waals surface area contributed by atoms with E-state index in [0.29, 0.717) is 11.6 Å². The van der Waals surface area contributed by atoms with Crippen LogP contribution in [0.15, 0.2) is 66.7 Å². The summed E-state index contributed by atoms with van der Waals surface area (Å²) in [6.07, 6.45) is -1.81. The Morgan fingerprint density at radius 2 is 1.58 bits per heavy atom. The molecule has 1 aliphatic rings. The summed E-state index contributed by atoms with van der Waals surface area (Å²) in [4.78, 5) is 40.2. The minimum absolute atomic E-state index is 0.169. The number of hydrogen-bond acceptors (Lipinski definition) is 4. The van der Waals surface area contributed by atoms with Gasteiger partial charge in [-0.2, -0.15) is 0 Å². The molecule has 1 heterocycles. The number of nitrogens with zero attached hydrogens (tertiary/aromatic N) is 1. The lowest BCUT2D eigenvalue weighted by atomic mass is 9.95. The molecule has 0 spiro atoms. The number of carbonyl (C=O) groups excluding carboxylic acids is 3. The maximum Gasteiger partial charge on any atom is 0.253 e. The van der Waals surface area contributed by atoms with Crippen molar-refractivity contribution >= 4 is 23.4 Å². The zero-order valence-electron chi connectivity index (χ0n) is 19.7. The Morgan fingerprint density at radius 1 is 0.972 bits per heavy atom. The highest BCUT2D eigenvalue weighted by Gasteiger charge is 2.34. The fourth-order valence-corrected chi connectivity index (χ4v) is 4.18. The molecule has 0 aromatic heterocycles. The zero-order chi connectivity index (χ0) is 26.0. The van der Waals surface area contributed by atoms with Crippen LogP contribution in [0.25, 0.3) is 11.1 Å². The minimum atomic E-state index is -1.81. The van der Waals surface area contributed by atoms with E-state index in [4.69, 9.17) is 0 Å². The lowest BCUT2D eigenvalue weighted by Gasteiger charge is -2.24. The molecule has 3 aromatic rings. The summed E-state index contributed by atoms with van der Waals surface area (Å²) in [6.45, 7) is 1.38. The number of hydrogen-bond donors (Lipinski definition) is 3. The van der Waals surface area contributed by atoms with Gasteiger partial charge in [-0.25, -0.2) is 8.78 Å². The molecular formula is C27H25F2N3O4. The fourth-order valence-electron chi connectivity index (χ4n) is 4.18. The summed E-state index contributed by atoms with van der Waals surface area (Å²) >= 11 is 0. The van der Waals surface area contributed by atoms with Crippen LogP contribution in [-0.4, -0.2) is 36.4 Å². The maximum absolute atomic E-state index is 13.4. The van der Waals surface area contributed by atoms with Gasteiger partial charge in [-0.3, -0.25) is 14.4 Å². The number of anilines is 1. The van der Waals surface area contributed by atoms with Crippen LogP contribution in [0, 0.1) is 17.6 Å². The Hall–Kier alpha value is -4.11. The van der Waals surface area contributed by atoms with Crippen LogP contribution in [0.5, 0.6) is 0 Å². The van der Waals surface area contributed by atoms with Crippen molar-refractivity contribution in [2.45, 2.75) is 19.1 Å². The van der Waals surface area contributed by atoms with Crippen LogP contribution >= 0.6 is 0 Å². The molecule has 3 N–H and O–H groups in total. The van der Waals surface area contributed by atoms with Gasteiger partial charge < -0.3 is 20.6 Å². The minimum Gasteiger partial charge on any atom is -0.378 e. The fraction of sp³-hybridized carbons (Fsp3) is 0.222. The number of amides is 3. The Balaban J connectivity index is 1.47. The van der Waals surface area contributed by atoms with Crippen molar-refractivity contribution in [3.8, 4) is 11.1 Å². The van der Waals surface area contributed by atoms with Crippen molar-refractivity contribution in [1.82, 2.24) is 10.6 Å². The third kappa shape index (κ3) is 4.96. The smallest absolute Gasteiger partial charge is 0.253 e. The molecule has 0 saturated heterocycles. The number of halogens is 2. The molecule has 3 aromatic carbocycles. The number of fused-ring (bicyclic) bond motifs is 3. The standard InChI is InChI=1S/C27H25F2N3O4/c1-15(14-30-26(35)24(33)16-11-17(28)13-18(29)12-16)25(34)31-23-21-9-4-3-7-19(21)20-8-5-6-10-22(20)32(2)27(23)36/h3-13,15,23-24,33H,14H2,1-2H3,(H,30,35)(H,31,34)/t15-,23-,24-/m0/s1. The highest BCUT2D eigenvalue weighted by molar-refractivity contribution is 6.06. The lowest BCUT2D eigenvalue weighted by molar-refractivity contribution is -0.132. The molecule has 0 fully saturated rings. The van der Waals surface area contributed by atoms with E-state index >= 15 is 0 Å². The molecule has 0 aliphatic carbocycles. The van der Waals surface area contributed by atoms with Crippen molar-refractivity contribution in [1.29, 1.82) is 0 Å². The van der Waals surface area contributed by atoms with E-state index in [-0.39, 0.29) is 18.0 Å². The van der Waals surface area contributed by atoms with E-state index in [1.54, 1.807) is 26.1 Å². The first-order valence-electron chi connectivity index (χ1n) is 11.4. The Bertz CT molecular complexity index is 1310. The summed E-state index contributed by atoms with van der Waals surface area (Å²) in [6, 6.07) is 16.2. The van der Waals surface area contributed by atoms with Gasteiger partial charge in [0.1, 0.15) is 17.7 Å². The monoisotopic (exact) mass is 493 g/mol. The first-order valence-corrected chi connectivity index (χ1v) is 11.4. The van der Waals surface area contributed by atoms with Gasteiger partial charge in [0.05, 0.1) is 11.6 Å². The van der Waals surface area contributed by atoms with E-state index in [1.807, 2.05) is 36.4 Å². The SMILES string of the molecule is C[C@@H](CNC(=O)[C@@H](O)c1cc(F)cc(F)c1)C(=O)N[C@@H]1C(=O)N(C)c2ccccc2-c2ccccc21. The average Bonchev–Trinajstić information content (AvgIpc) is 2.95. The van der Waals surface area contributed by atoms with Crippen LogP contribution < -0.4 is 15.5 Å². The number of benzene rings is 3. The van der Waals surface area contributed by atoms with Gasteiger partial charge in [0.25, 0.3) is 11.8 Å². The number of aliphatic hydroxyl groups excluding tert-OH is 1. The van der Waals surface area contributed by atoms with Gasteiger partial charge in [0, 0.05) is 25.2 Å². The molecule has 3 amide bonds. The van der Waals surface area contributed by atoms with Gasteiger partial charge in [-0.1, -0.05) is 49.4 Å². The van der Waals surface area contributed by atoms with Crippen molar-refractivity contribution in [2.75, 3.05) is 18.5 Å². The molecule has 9 heteroatoms. The normalized spacial score (nSPS) is 16.3. The van der Waals surface area contributed by atoms with Crippen LogP contribution in [0.3, 0.4) is 0 Å². The summed E-state index contributed by atoms with van der Waals surface area (Å²) in [5, 5.41) is 15.3. The number of rotatable bonds is 6. The van der Waals surface area contributed by atoms with Crippen LogP contribution in [-0.2, 0) is 14.4 Å².